The second-order valence-corrected chi connectivity index (χ2v) is 9.70. The summed E-state index contributed by atoms with van der Waals surface area (Å²) in [5, 5.41) is 5.32. The molecule has 29 heavy (non-hydrogen) atoms. The summed E-state index contributed by atoms with van der Waals surface area (Å²) in [4.78, 5) is 31.4. The van der Waals surface area contributed by atoms with Gasteiger partial charge in [0.1, 0.15) is 0 Å². The highest BCUT2D eigenvalue weighted by Gasteiger charge is 2.22. The zero-order chi connectivity index (χ0) is 21.4. The number of carbonyl (C=O) groups excluding carboxylic acids is 2. The van der Waals surface area contributed by atoms with Crippen molar-refractivity contribution < 1.29 is 9.59 Å². The fraction of sp³-hybridized carbons (Fsp3) is 0.522. The monoisotopic (exact) mass is 415 g/mol. The third-order valence-electron chi connectivity index (χ3n) is 4.48. The van der Waals surface area contributed by atoms with Crippen LogP contribution in [0.3, 0.4) is 0 Å². The Bertz CT molecular complexity index is 796. The number of rotatable bonds is 9. The first-order valence-corrected chi connectivity index (χ1v) is 11.1. The molecule has 2 aromatic rings. The SMILES string of the molecule is CCCN(CC(=O)Nc1nc(-c2ccccc2)cs1)C(=O)C[C@@H](C)CC(C)(C)C. The molecule has 1 N–H and O–H groups in total. The first kappa shape index (κ1) is 23.1. The van der Waals surface area contributed by atoms with Gasteiger partial charge in [-0.2, -0.15) is 0 Å². The maximum Gasteiger partial charge on any atom is 0.245 e. The Balaban J connectivity index is 1.93. The van der Waals surface area contributed by atoms with Crippen LogP contribution in [0.25, 0.3) is 11.3 Å². The van der Waals surface area contributed by atoms with Crippen molar-refractivity contribution in [2.45, 2.75) is 53.9 Å². The molecule has 0 saturated carbocycles. The van der Waals surface area contributed by atoms with Crippen molar-refractivity contribution in [3.05, 3.63) is 35.7 Å². The summed E-state index contributed by atoms with van der Waals surface area (Å²) in [6.45, 7) is 11.3. The fourth-order valence-electron chi connectivity index (χ4n) is 3.51. The van der Waals surface area contributed by atoms with E-state index in [1.54, 1.807) is 4.90 Å². The van der Waals surface area contributed by atoms with Crippen molar-refractivity contribution in [3.8, 4) is 11.3 Å². The summed E-state index contributed by atoms with van der Waals surface area (Å²) in [6, 6.07) is 9.85. The van der Waals surface area contributed by atoms with Crippen LogP contribution in [-0.4, -0.2) is 34.8 Å². The minimum absolute atomic E-state index is 0.0443. The molecule has 0 aliphatic carbocycles. The van der Waals surface area contributed by atoms with Gasteiger partial charge in [-0.1, -0.05) is 65.0 Å². The smallest absolute Gasteiger partial charge is 0.245 e. The van der Waals surface area contributed by atoms with Crippen LogP contribution in [0.4, 0.5) is 5.13 Å². The molecule has 0 radical (unpaired) electrons. The number of amides is 2. The first-order valence-electron chi connectivity index (χ1n) is 10.3. The molecule has 158 valence electrons. The number of nitrogens with one attached hydrogen (secondary N) is 1. The predicted octanol–water partition coefficient (Wildman–Crippen LogP) is 5.45. The summed E-state index contributed by atoms with van der Waals surface area (Å²) in [5.41, 5.74) is 2.04. The topological polar surface area (TPSA) is 62.3 Å². The molecule has 0 spiro atoms. The van der Waals surface area contributed by atoms with Crippen molar-refractivity contribution in [1.29, 1.82) is 0 Å². The molecule has 2 amide bonds. The molecule has 0 unspecified atom stereocenters. The number of carbonyl (C=O) groups is 2. The molecular formula is C23H33N3O2S. The maximum absolute atomic E-state index is 12.7. The van der Waals surface area contributed by atoms with E-state index in [1.165, 1.54) is 11.3 Å². The quantitative estimate of drug-likeness (QED) is 0.592. The molecular weight excluding hydrogens is 382 g/mol. The number of hydrogen-bond donors (Lipinski definition) is 1. The first-order chi connectivity index (χ1) is 13.7. The Morgan fingerprint density at radius 1 is 1.21 bits per heavy atom. The minimum atomic E-state index is -0.204. The van der Waals surface area contributed by atoms with Gasteiger partial charge in [0.25, 0.3) is 0 Å². The number of thiazole rings is 1. The predicted molar refractivity (Wildman–Crippen MR) is 121 cm³/mol. The van der Waals surface area contributed by atoms with E-state index in [-0.39, 0.29) is 29.7 Å². The maximum atomic E-state index is 12.7. The minimum Gasteiger partial charge on any atom is -0.333 e. The lowest BCUT2D eigenvalue weighted by molar-refractivity contribution is -0.135. The fourth-order valence-corrected chi connectivity index (χ4v) is 4.25. The average Bonchev–Trinajstić information content (AvgIpc) is 3.08. The number of anilines is 1. The average molecular weight is 416 g/mol. The van der Waals surface area contributed by atoms with Crippen molar-refractivity contribution in [3.63, 3.8) is 0 Å². The molecule has 0 bridgehead atoms. The van der Waals surface area contributed by atoms with Crippen molar-refractivity contribution in [2.24, 2.45) is 11.3 Å². The number of hydrogen-bond acceptors (Lipinski definition) is 4. The third kappa shape index (κ3) is 7.97. The summed E-state index contributed by atoms with van der Waals surface area (Å²) >= 11 is 1.39. The van der Waals surface area contributed by atoms with E-state index in [0.717, 1.165) is 24.1 Å². The van der Waals surface area contributed by atoms with Crippen LogP contribution in [-0.2, 0) is 9.59 Å². The number of nitrogens with zero attached hydrogens (tertiary/aromatic N) is 2. The highest BCUT2D eigenvalue weighted by molar-refractivity contribution is 7.14. The van der Waals surface area contributed by atoms with Gasteiger partial charge in [0.15, 0.2) is 5.13 Å². The molecule has 0 fully saturated rings. The molecule has 0 aliphatic rings. The van der Waals surface area contributed by atoms with E-state index in [0.29, 0.717) is 18.1 Å². The number of benzene rings is 1. The molecule has 6 heteroatoms. The Morgan fingerprint density at radius 2 is 1.90 bits per heavy atom. The van der Waals surface area contributed by atoms with Crippen LogP contribution < -0.4 is 5.32 Å². The summed E-state index contributed by atoms with van der Waals surface area (Å²) in [5.74, 6) is 0.129. The molecule has 1 aromatic heterocycles. The van der Waals surface area contributed by atoms with Gasteiger partial charge < -0.3 is 10.2 Å². The van der Waals surface area contributed by atoms with Crippen LogP contribution in [0.1, 0.15) is 53.9 Å². The van der Waals surface area contributed by atoms with Crippen LogP contribution in [0, 0.1) is 11.3 Å². The summed E-state index contributed by atoms with van der Waals surface area (Å²) in [7, 11) is 0. The van der Waals surface area contributed by atoms with E-state index in [9.17, 15) is 9.59 Å². The van der Waals surface area contributed by atoms with Crippen molar-refractivity contribution in [2.75, 3.05) is 18.4 Å². The van der Waals surface area contributed by atoms with E-state index >= 15 is 0 Å². The highest BCUT2D eigenvalue weighted by atomic mass is 32.1. The summed E-state index contributed by atoms with van der Waals surface area (Å²) < 4.78 is 0. The number of aromatic nitrogens is 1. The van der Waals surface area contributed by atoms with Gasteiger partial charge in [-0.3, -0.25) is 9.59 Å². The Hall–Kier alpha value is -2.21. The Morgan fingerprint density at radius 3 is 2.52 bits per heavy atom. The van der Waals surface area contributed by atoms with Gasteiger partial charge in [0.05, 0.1) is 12.2 Å². The zero-order valence-corrected chi connectivity index (χ0v) is 19.0. The Kier molecular flexibility index (Phi) is 8.38. The van der Waals surface area contributed by atoms with Crippen LogP contribution in [0.15, 0.2) is 35.7 Å². The van der Waals surface area contributed by atoms with E-state index in [2.05, 4.69) is 38.0 Å². The van der Waals surface area contributed by atoms with Crippen LogP contribution in [0.5, 0.6) is 0 Å². The normalized spacial score (nSPS) is 12.4. The van der Waals surface area contributed by atoms with Crippen LogP contribution >= 0.6 is 11.3 Å². The molecule has 0 saturated heterocycles. The van der Waals surface area contributed by atoms with Crippen molar-refractivity contribution in [1.82, 2.24) is 9.88 Å². The Labute approximate surface area is 178 Å². The lowest BCUT2D eigenvalue weighted by Crippen LogP contribution is -2.39. The van der Waals surface area contributed by atoms with E-state index in [1.807, 2.05) is 42.6 Å². The van der Waals surface area contributed by atoms with Crippen molar-refractivity contribution >= 4 is 28.3 Å². The summed E-state index contributed by atoms with van der Waals surface area (Å²) in [6.07, 6.45) is 2.27. The second-order valence-electron chi connectivity index (χ2n) is 8.84. The van der Waals surface area contributed by atoms with E-state index < -0.39 is 0 Å². The zero-order valence-electron chi connectivity index (χ0n) is 18.2. The second kappa shape index (κ2) is 10.5. The molecule has 5 nitrogen and oxygen atoms in total. The van der Waals surface area contributed by atoms with Crippen LogP contribution in [0.2, 0.25) is 0 Å². The molecule has 1 atom stereocenters. The largest absolute Gasteiger partial charge is 0.333 e. The lowest BCUT2D eigenvalue weighted by Gasteiger charge is -2.26. The van der Waals surface area contributed by atoms with Gasteiger partial charge in [0, 0.05) is 23.9 Å². The van der Waals surface area contributed by atoms with Gasteiger partial charge in [-0.15, -0.1) is 11.3 Å². The lowest BCUT2D eigenvalue weighted by atomic mass is 9.84. The molecule has 0 aliphatic heterocycles. The third-order valence-corrected chi connectivity index (χ3v) is 5.24. The molecule has 1 heterocycles. The van der Waals surface area contributed by atoms with Gasteiger partial charge in [-0.05, 0) is 24.2 Å². The molecule has 2 rings (SSSR count). The highest BCUT2D eigenvalue weighted by Crippen LogP contribution is 2.27. The van der Waals surface area contributed by atoms with E-state index in [4.69, 9.17) is 0 Å². The standard InChI is InChI=1S/C23H33N3O2S/c1-6-12-26(21(28)13-17(2)14-23(3,4)5)15-20(27)25-22-24-19(16-29-22)18-10-8-7-9-11-18/h7-11,16-17H,6,12-15H2,1-5H3,(H,24,25,27)/t17-/m1/s1. The van der Waals surface area contributed by atoms with Gasteiger partial charge in [0.2, 0.25) is 11.8 Å². The molecule has 1 aromatic carbocycles. The van der Waals surface area contributed by atoms with Gasteiger partial charge >= 0.3 is 0 Å². The van der Waals surface area contributed by atoms with Gasteiger partial charge in [-0.25, -0.2) is 4.98 Å².